The van der Waals surface area contributed by atoms with Gasteiger partial charge in [-0.15, -0.1) is 0 Å². The SMILES string of the molecule is COc1ccc(CC(=O)N2CCN(c3ccc(NC(=O)c4ccco4)cc3)CC2)cc1. The highest BCUT2D eigenvalue weighted by molar-refractivity contribution is 6.02. The lowest BCUT2D eigenvalue weighted by Crippen LogP contribution is -2.49. The highest BCUT2D eigenvalue weighted by atomic mass is 16.5. The Hall–Kier alpha value is -3.74. The number of furan rings is 1. The van der Waals surface area contributed by atoms with Crippen molar-refractivity contribution in [1.29, 1.82) is 0 Å². The van der Waals surface area contributed by atoms with Crippen LogP contribution in [0.15, 0.2) is 71.3 Å². The standard InChI is InChI=1S/C24H25N3O4/c1-30-21-10-4-18(5-11-21)17-23(28)27-14-12-26(13-15-27)20-8-6-19(7-9-20)25-24(29)22-3-2-16-31-22/h2-11,16H,12-15,17H2,1H3,(H,25,29). The maximum atomic E-state index is 12.6. The van der Waals surface area contributed by atoms with Crippen LogP contribution in [0, 0.1) is 0 Å². The quantitative estimate of drug-likeness (QED) is 0.663. The Morgan fingerprint density at radius 2 is 1.68 bits per heavy atom. The lowest BCUT2D eigenvalue weighted by molar-refractivity contribution is -0.130. The first kappa shape index (κ1) is 20.5. The van der Waals surface area contributed by atoms with Crippen molar-refractivity contribution in [1.82, 2.24) is 4.90 Å². The minimum atomic E-state index is -0.276. The van der Waals surface area contributed by atoms with Crippen LogP contribution in [0.2, 0.25) is 0 Å². The number of rotatable bonds is 6. The normalized spacial score (nSPS) is 13.7. The molecule has 0 unspecified atom stereocenters. The summed E-state index contributed by atoms with van der Waals surface area (Å²) in [7, 11) is 1.63. The molecular formula is C24H25N3O4. The van der Waals surface area contributed by atoms with Gasteiger partial charge in [-0.3, -0.25) is 9.59 Å². The zero-order valence-corrected chi connectivity index (χ0v) is 17.4. The number of hydrogen-bond acceptors (Lipinski definition) is 5. The van der Waals surface area contributed by atoms with E-state index < -0.39 is 0 Å². The average molecular weight is 419 g/mol. The first-order chi connectivity index (χ1) is 15.1. The molecule has 3 aromatic rings. The summed E-state index contributed by atoms with van der Waals surface area (Å²) >= 11 is 0. The summed E-state index contributed by atoms with van der Waals surface area (Å²) in [4.78, 5) is 28.9. The zero-order chi connectivity index (χ0) is 21.6. The molecule has 1 aromatic heterocycles. The molecule has 0 spiro atoms. The number of ether oxygens (including phenoxy) is 1. The highest BCUT2D eigenvalue weighted by Gasteiger charge is 2.21. The molecule has 2 amide bonds. The van der Waals surface area contributed by atoms with Gasteiger partial charge < -0.3 is 24.3 Å². The van der Waals surface area contributed by atoms with E-state index in [1.54, 1.807) is 19.2 Å². The molecule has 2 aromatic carbocycles. The molecule has 31 heavy (non-hydrogen) atoms. The molecule has 160 valence electrons. The summed E-state index contributed by atoms with van der Waals surface area (Å²) in [6, 6.07) is 18.6. The van der Waals surface area contributed by atoms with E-state index in [0.29, 0.717) is 25.2 Å². The van der Waals surface area contributed by atoms with Gasteiger partial charge in [0, 0.05) is 37.6 Å². The average Bonchev–Trinajstić information content (AvgIpc) is 3.35. The summed E-state index contributed by atoms with van der Waals surface area (Å²) in [5.74, 6) is 0.929. The monoisotopic (exact) mass is 419 g/mol. The second-order valence-corrected chi connectivity index (χ2v) is 7.37. The van der Waals surface area contributed by atoms with Gasteiger partial charge in [-0.25, -0.2) is 0 Å². The first-order valence-electron chi connectivity index (χ1n) is 10.2. The Labute approximate surface area is 181 Å². The molecule has 0 atom stereocenters. The van der Waals surface area contributed by atoms with Crippen LogP contribution in [0.25, 0.3) is 0 Å². The number of nitrogens with zero attached hydrogens (tertiary/aromatic N) is 2. The number of anilines is 2. The number of amides is 2. The predicted octanol–water partition coefficient (Wildman–Crippen LogP) is 3.43. The van der Waals surface area contributed by atoms with E-state index in [1.807, 2.05) is 53.4 Å². The van der Waals surface area contributed by atoms with Gasteiger partial charge >= 0.3 is 0 Å². The fraction of sp³-hybridized carbons (Fsp3) is 0.250. The topological polar surface area (TPSA) is 75.0 Å². The van der Waals surface area contributed by atoms with Crippen molar-refractivity contribution >= 4 is 23.2 Å². The van der Waals surface area contributed by atoms with Crippen LogP contribution < -0.4 is 15.0 Å². The van der Waals surface area contributed by atoms with Crippen molar-refractivity contribution in [3.8, 4) is 5.75 Å². The summed E-state index contributed by atoms with van der Waals surface area (Å²) < 4.78 is 10.3. The van der Waals surface area contributed by atoms with Gasteiger partial charge in [0.05, 0.1) is 19.8 Å². The molecule has 1 aliphatic rings. The van der Waals surface area contributed by atoms with E-state index in [0.717, 1.165) is 30.1 Å². The molecule has 4 rings (SSSR count). The number of benzene rings is 2. The zero-order valence-electron chi connectivity index (χ0n) is 17.4. The molecule has 1 saturated heterocycles. The number of hydrogen-bond donors (Lipinski definition) is 1. The van der Waals surface area contributed by atoms with E-state index in [9.17, 15) is 9.59 Å². The van der Waals surface area contributed by atoms with Crippen LogP contribution in [-0.2, 0) is 11.2 Å². The fourth-order valence-electron chi connectivity index (χ4n) is 3.60. The van der Waals surface area contributed by atoms with E-state index in [4.69, 9.17) is 9.15 Å². The minimum Gasteiger partial charge on any atom is -0.497 e. The minimum absolute atomic E-state index is 0.140. The Kier molecular flexibility index (Phi) is 6.21. The Balaban J connectivity index is 1.28. The molecule has 7 heteroatoms. The fourth-order valence-corrected chi connectivity index (χ4v) is 3.60. The van der Waals surface area contributed by atoms with Crippen molar-refractivity contribution in [2.75, 3.05) is 43.5 Å². The molecule has 0 bridgehead atoms. The number of nitrogens with one attached hydrogen (secondary N) is 1. The third-order valence-corrected chi connectivity index (χ3v) is 5.38. The molecule has 1 aliphatic heterocycles. The maximum absolute atomic E-state index is 12.6. The van der Waals surface area contributed by atoms with Crippen LogP contribution in [0.4, 0.5) is 11.4 Å². The van der Waals surface area contributed by atoms with Crippen molar-refractivity contribution in [3.63, 3.8) is 0 Å². The number of carbonyl (C=O) groups is 2. The molecule has 1 N–H and O–H groups in total. The lowest BCUT2D eigenvalue weighted by Gasteiger charge is -2.36. The molecule has 0 aliphatic carbocycles. The Bertz CT molecular complexity index is 1010. The van der Waals surface area contributed by atoms with E-state index in [-0.39, 0.29) is 17.6 Å². The van der Waals surface area contributed by atoms with Gasteiger partial charge in [0.25, 0.3) is 5.91 Å². The van der Waals surface area contributed by atoms with Gasteiger partial charge in [-0.05, 0) is 54.1 Å². The second-order valence-electron chi connectivity index (χ2n) is 7.37. The number of carbonyl (C=O) groups excluding carboxylic acids is 2. The maximum Gasteiger partial charge on any atom is 0.291 e. The van der Waals surface area contributed by atoms with Crippen LogP contribution in [0.1, 0.15) is 16.1 Å². The molecule has 1 fully saturated rings. The summed E-state index contributed by atoms with van der Waals surface area (Å²) in [5.41, 5.74) is 2.76. The number of methoxy groups -OCH3 is 1. The molecule has 0 saturated carbocycles. The van der Waals surface area contributed by atoms with E-state index in [2.05, 4.69) is 10.2 Å². The van der Waals surface area contributed by atoms with Crippen molar-refractivity contribution in [2.24, 2.45) is 0 Å². The van der Waals surface area contributed by atoms with Gasteiger partial charge in [0.2, 0.25) is 5.91 Å². The van der Waals surface area contributed by atoms with Crippen molar-refractivity contribution in [2.45, 2.75) is 6.42 Å². The third kappa shape index (κ3) is 5.06. The van der Waals surface area contributed by atoms with Crippen molar-refractivity contribution < 1.29 is 18.7 Å². The van der Waals surface area contributed by atoms with Crippen LogP contribution in [0.3, 0.4) is 0 Å². The third-order valence-electron chi connectivity index (χ3n) is 5.38. The lowest BCUT2D eigenvalue weighted by atomic mass is 10.1. The van der Waals surface area contributed by atoms with E-state index in [1.165, 1.54) is 6.26 Å². The smallest absolute Gasteiger partial charge is 0.291 e. The van der Waals surface area contributed by atoms with Gasteiger partial charge in [-0.2, -0.15) is 0 Å². The van der Waals surface area contributed by atoms with Crippen LogP contribution >= 0.6 is 0 Å². The van der Waals surface area contributed by atoms with Crippen LogP contribution in [-0.4, -0.2) is 50.0 Å². The predicted molar refractivity (Wildman–Crippen MR) is 119 cm³/mol. The number of piperazine rings is 1. The molecular weight excluding hydrogens is 394 g/mol. The summed E-state index contributed by atoms with van der Waals surface area (Å²) in [6.45, 7) is 2.91. The molecule has 0 radical (unpaired) electrons. The Morgan fingerprint density at radius 1 is 0.968 bits per heavy atom. The highest BCUT2D eigenvalue weighted by Crippen LogP contribution is 2.21. The molecule has 2 heterocycles. The summed E-state index contributed by atoms with van der Waals surface area (Å²) in [5, 5.41) is 2.81. The van der Waals surface area contributed by atoms with Crippen molar-refractivity contribution in [3.05, 3.63) is 78.3 Å². The first-order valence-corrected chi connectivity index (χ1v) is 10.2. The molecule has 7 nitrogen and oxygen atoms in total. The van der Waals surface area contributed by atoms with Crippen LogP contribution in [0.5, 0.6) is 5.75 Å². The van der Waals surface area contributed by atoms with Gasteiger partial charge in [0.15, 0.2) is 5.76 Å². The van der Waals surface area contributed by atoms with Gasteiger partial charge in [0.1, 0.15) is 5.75 Å². The largest absolute Gasteiger partial charge is 0.497 e. The van der Waals surface area contributed by atoms with Gasteiger partial charge in [-0.1, -0.05) is 12.1 Å². The van der Waals surface area contributed by atoms with E-state index >= 15 is 0 Å². The Morgan fingerprint density at radius 3 is 2.29 bits per heavy atom. The second kappa shape index (κ2) is 9.38. The summed E-state index contributed by atoms with van der Waals surface area (Å²) in [6.07, 6.45) is 1.87.